The van der Waals surface area contributed by atoms with E-state index in [1.165, 1.54) is 0 Å². The minimum Gasteiger partial charge on any atom is -0.381 e. The van der Waals surface area contributed by atoms with Crippen LogP contribution in [0.4, 0.5) is 0 Å². The van der Waals surface area contributed by atoms with Gasteiger partial charge >= 0.3 is 0 Å². The first-order chi connectivity index (χ1) is 6.58. The lowest BCUT2D eigenvalue weighted by molar-refractivity contribution is 0.0551. The Morgan fingerprint density at radius 3 is 2.86 bits per heavy atom. The third-order valence-electron chi connectivity index (χ3n) is 2.25. The number of sulfonamides is 1. The van der Waals surface area contributed by atoms with Gasteiger partial charge in [0.2, 0.25) is 10.0 Å². The van der Waals surface area contributed by atoms with Crippen molar-refractivity contribution in [1.29, 1.82) is 0 Å². The van der Waals surface area contributed by atoms with Crippen molar-refractivity contribution in [3.8, 4) is 0 Å². The van der Waals surface area contributed by atoms with Crippen molar-refractivity contribution >= 4 is 10.0 Å². The number of rotatable bonds is 5. The molecule has 1 rings (SSSR count). The van der Waals surface area contributed by atoms with Gasteiger partial charge in [-0.15, -0.1) is 0 Å². The molecule has 3 N–H and O–H groups in total. The standard InChI is InChI=1S/C8H18N2O3S/c9-14(11,12)5-3-10-6-8-2-1-4-13-7-8/h8,10H,1-7H2,(H2,9,11,12). The zero-order valence-electron chi connectivity index (χ0n) is 8.24. The fraction of sp³-hybridized carbons (Fsp3) is 1.00. The van der Waals surface area contributed by atoms with E-state index in [0.29, 0.717) is 12.5 Å². The van der Waals surface area contributed by atoms with Crippen molar-refractivity contribution in [2.45, 2.75) is 12.8 Å². The summed E-state index contributed by atoms with van der Waals surface area (Å²) in [6.07, 6.45) is 2.25. The quantitative estimate of drug-likeness (QED) is 0.602. The monoisotopic (exact) mass is 222 g/mol. The second-order valence-corrected chi connectivity index (χ2v) is 5.39. The largest absolute Gasteiger partial charge is 0.381 e. The molecule has 1 aliphatic heterocycles. The van der Waals surface area contributed by atoms with Crippen molar-refractivity contribution in [3.05, 3.63) is 0 Å². The molecule has 0 bridgehead atoms. The van der Waals surface area contributed by atoms with Gasteiger partial charge in [0.1, 0.15) is 0 Å². The Morgan fingerprint density at radius 2 is 2.29 bits per heavy atom. The number of primary sulfonamides is 1. The fourth-order valence-corrected chi connectivity index (χ4v) is 1.92. The molecule has 1 atom stereocenters. The van der Waals surface area contributed by atoms with E-state index in [1.54, 1.807) is 0 Å². The summed E-state index contributed by atoms with van der Waals surface area (Å²) in [7, 11) is -3.32. The molecular weight excluding hydrogens is 204 g/mol. The molecule has 14 heavy (non-hydrogen) atoms. The molecule has 5 nitrogen and oxygen atoms in total. The maximum absolute atomic E-state index is 10.6. The van der Waals surface area contributed by atoms with E-state index in [9.17, 15) is 8.42 Å². The van der Waals surface area contributed by atoms with E-state index in [0.717, 1.165) is 32.6 Å². The van der Waals surface area contributed by atoms with Gasteiger partial charge in [0.05, 0.1) is 12.4 Å². The lowest BCUT2D eigenvalue weighted by atomic mass is 10.0. The van der Waals surface area contributed by atoms with Gasteiger partial charge in [-0.2, -0.15) is 0 Å². The average Bonchev–Trinajstić information content (AvgIpc) is 2.13. The summed E-state index contributed by atoms with van der Waals surface area (Å²) < 4.78 is 26.5. The van der Waals surface area contributed by atoms with Crippen molar-refractivity contribution in [3.63, 3.8) is 0 Å². The smallest absolute Gasteiger partial charge is 0.210 e. The topological polar surface area (TPSA) is 81.4 Å². The van der Waals surface area contributed by atoms with Gasteiger partial charge in [-0.1, -0.05) is 0 Å². The van der Waals surface area contributed by atoms with E-state index in [-0.39, 0.29) is 5.75 Å². The van der Waals surface area contributed by atoms with Crippen molar-refractivity contribution < 1.29 is 13.2 Å². The number of nitrogens with two attached hydrogens (primary N) is 1. The van der Waals surface area contributed by atoms with E-state index in [1.807, 2.05) is 0 Å². The minimum atomic E-state index is -3.32. The van der Waals surface area contributed by atoms with Crippen LogP contribution in [0.5, 0.6) is 0 Å². The normalized spacial score (nSPS) is 23.6. The van der Waals surface area contributed by atoms with Crippen LogP contribution in [-0.4, -0.2) is 40.5 Å². The molecule has 0 aromatic rings. The van der Waals surface area contributed by atoms with Crippen LogP contribution in [0.3, 0.4) is 0 Å². The van der Waals surface area contributed by atoms with Crippen molar-refractivity contribution in [1.82, 2.24) is 5.32 Å². The van der Waals surface area contributed by atoms with Crippen molar-refractivity contribution in [2.75, 3.05) is 32.1 Å². The zero-order valence-corrected chi connectivity index (χ0v) is 9.05. The van der Waals surface area contributed by atoms with Crippen LogP contribution in [0.1, 0.15) is 12.8 Å². The molecule has 1 aliphatic rings. The molecule has 0 spiro atoms. The molecule has 1 saturated heterocycles. The third-order valence-corrected chi connectivity index (χ3v) is 3.02. The number of hydrogen-bond acceptors (Lipinski definition) is 4. The second-order valence-electron chi connectivity index (χ2n) is 3.65. The van der Waals surface area contributed by atoms with Crippen LogP contribution in [0.25, 0.3) is 0 Å². The molecule has 0 amide bonds. The predicted octanol–water partition coefficient (Wildman–Crippen LogP) is -0.709. The first kappa shape index (κ1) is 11.9. The molecule has 0 saturated carbocycles. The van der Waals surface area contributed by atoms with Crippen LogP contribution >= 0.6 is 0 Å². The summed E-state index contributed by atoms with van der Waals surface area (Å²) in [4.78, 5) is 0. The molecule has 6 heteroatoms. The molecule has 1 fully saturated rings. The Morgan fingerprint density at radius 1 is 1.50 bits per heavy atom. The van der Waals surface area contributed by atoms with Gasteiger partial charge in [-0.3, -0.25) is 0 Å². The van der Waals surface area contributed by atoms with Gasteiger partial charge in [-0.05, 0) is 18.8 Å². The maximum atomic E-state index is 10.6. The van der Waals surface area contributed by atoms with Gasteiger partial charge in [0, 0.05) is 19.7 Å². The highest BCUT2D eigenvalue weighted by atomic mass is 32.2. The van der Waals surface area contributed by atoms with E-state index < -0.39 is 10.0 Å². The highest BCUT2D eigenvalue weighted by Gasteiger charge is 2.13. The van der Waals surface area contributed by atoms with Crippen LogP contribution in [0.15, 0.2) is 0 Å². The molecule has 0 aliphatic carbocycles. The van der Waals surface area contributed by atoms with E-state index in [4.69, 9.17) is 9.88 Å². The number of ether oxygens (including phenoxy) is 1. The Labute approximate surface area is 85.1 Å². The van der Waals surface area contributed by atoms with Crippen LogP contribution < -0.4 is 10.5 Å². The SMILES string of the molecule is NS(=O)(=O)CCNCC1CCCOC1. The highest BCUT2D eigenvalue weighted by molar-refractivity contribution is 7.89. The maximum Gasteiger partial charge on any atom is 0.210 e. The average molecular weight is 222 g/mol. The predicted molar refractivity (Wildman–Crippen MR) is 54.4 cm³/mol. The second kappa shape index (κ2) is 5.65. The molecular formula is C8H18N2O3S. The van der Waals surface area contributed by atoms with E-state index >= 15 is 0 Å². The summed E-state index contributed by atoms with van der Waals surface area (Å²) in [5, 5.41) is 7.93. The fourth-order valence-electron chi connectivity index (χ4n) is 1.49. The lowest BCUT2D eigenvalue weighted by Gasteiger charge is -2.22. The molecule has 0 radical (unpaired) electrons. The summed E-state index contributed by atoms with van der Waals surface area (Å²) >= 11 is 0. The first-order valence-corrected chi connectivity index (χ1v) is 6.58. The Kier molecular flexibility index (Phi) is 4.80. The summed E-state index contributed by atoms with van der Waals surface area (Å²) in [6, 6.07) is 0. The highest BCUT2D eigenvalue weighted by Crippen LogP contribution is 2.11. The van der Waals surface area contributed by atoms with Crippen molar-refractivity contribution in [2.24, 2.45) is 11.1 Å². The first-order valence-electron chi connectivity index (χ1n) is 4.87. The van der Waals surface area contributed by atoms with Gasteiger partial charge in [0.15, 0.2) is 0 Å². The lowest BCUT2D eigenvalue weighted by Crippen LogP contribution is -2.33. The van der Waals surface area contributed by atoms with Gasteiger partial charge in [-0.25, -0.2) is 13.6 Å². The molecule has 1 unspecified atom stereocenters. The van der Waals surface area contributed by atoms with Crippen LogP contribution in [0.2, 0.25) is 0 Å². The summed E-state index contributed by atoms with van der Waals surface area (Å²) in [5.41, 5.74) is 0. The Hall–Kier alpha value is -0.170. The minimum absolute atomic E-state index is 0.000573. The number of nitrogens with one attached hydrogen (secondary N) is 1. The zero-order chi connectivity index (χ0) is 10.4. The molecule has 0 aromatic heterocycles. The van der Waals surface area contributed by atoms with E-state index in [2.05, 4.69) is 5.32 Å². The van der Waals surface area contributed by atoms with Gasteiger partial charge < -0.3 is 10.1 Å². The third kappa shape index (κ3) is 5.54. The van der Waals surface area contributed by atoms with Crippen LogP contribution in [0, 0.1) is 5.92 Å². The van der Waals surface area contributed by atoms with Crippen LogP contribution in [-0.2, 0) is 14.8 Å². The molecule has 0 aromatic carbocycles. The Bertz CT molecular complexity index is 247. The summed E-state index contributed by atoms with van der Waals surface area (Å²) in [5.74, 6) is 0.518. The van der Waals surface area contributed by atoms with Gasteiger partial charge in [0.25, 0.3) is 0 Å². The molecule has 84 valence electrons. The molecule has 1 heterocycles. The Balaban J connectivity index is 2.03. The summed E-state index contributed by atoms with van der Waals surface area (Å²) in [6.45, 7) is 2.88. The number of hydrogen-bond donors (Lipinski definition) is 2.